The van der Waals surface area contributed by atoms with E-state index in [2.05, 4.69) is 17.1 Å². The second kappa shape index (κ2) is 8.06. The van der Waals surface area contributed by atoms with Crippen molar-refractivity contribution in [3.8, 4) is 11.5 Å². The first-order chi connectivity index (χ1) is 13.6. The number of aromatic nitrogens is 2. The zero-order valence-corrected chi connectivity index (χ0v) is 16.4. The Bertz CT molecular complexity index is 971. The minimum atomic E-state index is -0.468. The molecule has 0 saturated heterocycles. The van der Waals surface area contributed by atoms with Crippen molar-refractivity contribution in [3.05, 3.63) is 65.5 Å². The fourth-order valence-electron chi connectivity index (χ4n) is 2.88. The normalized spacial score (nSPS) is 16.6. The third-order valence-corrected chi connectivity index (χ3v) is 5.43. The number of carbonyl (C=O) groups is 1. The molecular weight excluding hydrogens is 376 g/mol. The first-order valence-electron chi connectivity index (χ1n) is 9.15. The Morgan fingerprint density at radius 1 is 1.14 bits per heavy atom. The molecule has 0 unspecified atom stereocenters. The van der Waals surface area contributed by atoms with E-state index in [0.29, 0.717) is 34.8 Å². The summed E-state index contributed by atoms with van der Waals surface area (Å²) in [4.78, 5) is 12.6. The summed E-state index contributed by atoms with van der Waals surface area (Å²) in [6.07, 6.45) is 0.477. The molecule has 7 heteroatoms. The van der Waals surface area contributed by atoms with E-state index >= 15 is 0 Å². The lowest BCUT2D eigenvalue weighted by Crippen LogP contribution is -2.21. The van der Waals surface area contributed by atoms with Crippen LogP contribution >= 0.6 is 11.8 Å². The summed E-state index contributed by atoms with van der Waals surface area (Å²) in [7, 11) is 0. The molecule has 2 heterocycles. The average molecular weight is 396 g/mol. The lowest BCUT2D eigenvalue weighted by molar-refractivity contribution is 0.0686. The summed E-state index contributed by atoms with van der Waals surface area (Å²) in [5.41, 5.74) is 1.88. The number of fused-ring (bicyclic) bond motifs is 1. The fourth-order valence-corrected chi connectivity index (χ4v) is 3.65. The molecule has 1 aliphatic heterocycles. The molecule has 0 amide bonds. The van der Waals surface area contributed by atoms with E-state index in [1.807, 2.05) is 55.5 Å². The highest BCUT2D eigenvalue weighted by Gasteiger charge is 2.28. The number of thioether (sulfide) groups is 1. The zero-order chi connectivity index (χ0) is 19.5. The number of carbonyl (C=O) groups excluding carboxylic acids is 1. The van der Waals surface area contributed by atoms with Crippen molar-refractivity contribution in [2.24, 2.45) is 0 Å². The molecule has 3 aromatic rings. The number of aryl methyl sites for hydroxylation is 1. The van der Waals surface area contributed by atoms with Crippen molar-refractivity contribution in [2.75, 3.05) is 6.61 Å². The fraction of sp³-hybridized carbons (Fsp3) is 0.286. The van der Waals surface area contributed by atoms with Gasteiger partial charge < -0.3 is 13.9 Å². The first-order valence-corrected chi connectivity index (χ1v) is 10.0. The Morgan fingerprint density at radius 2 is 1.89 bits per heavy atom. The van der Waals surface area contributed by atoms with Crippen LogP contribution in [0.3, 0.4) is 0 Å². The Kier molecular flexibility index (Phi) is 5.34. The second-order valence-corrected chi connectivity index (χ2v) is 7.74. The SMILES string of the molecule is CCc1ccc(C(=O)[C@@H](C)Sc2nnc([C@H]3COc4ccccc4O3)o2)cc1. The third kappa shape index (κ3) is 3.89. The molecule has 0 fully saturated rings. The predicted octanol–water partition coefficient (Wildman–Crippen LogP) is 4.51. The lowest BCUT2D eigenvalue weighted by Gasteiger charge is -2.23. The maximum absolute atomic E-state index is 12.6. The minimum Gasteiger partial charge on any atom is -0.485 e. The average Bonchev–Trinajstić information content (AvgIpc) is 3.21. The predicted molar refractivity (Wildman–Crippen MR) is 105 cm³/mol. The van der Waals surface area contributed by atoms with Crippen LogP contribution in [0.25, 0.3) is 0 Å². The minimum absolute atomic E-state index is 0.0265. The topological polar surface area (TPSA) is 74.5 Å². The van der Waals surface area contributed by atoms with E-state index in [1.165, 1.54) is 17.3 Å². The van der Waals surface area contributed by atoms with E-state index < -0.39 is 6.10 Å². The molecule has 0 aliphatic carbocycles. The number of hydrogen-bond donors (Lipinski definition) is 0. The Labute approximate surface area is 167 Å². The molecule has 0 spiro atoms. The van der Waals surface area contributed by atoms with Gasteiger partial charge in [0, 0.05) is 5.56 Å². The third-order valence-electron chi connectivity index (χ3n) is 4.50. The molecule has 2 aromatic carbocycles. The molecule has 1 aromatic heterocycles. The summed E-state index contributed by atoms with van der Waals surface area (Å²) in [6, 6.07) is 15.1. The van der Waals surface area contributed by atoms with Crippen LogP contribution in [-0.4, -0.2) is 27.8 Å². The van der Waals surface area contributed by atoms with E-state index in [1.54, 1.807) is 0 Å². The van der Waals surface area contributed by atoms with E-state index in [9.17, 15) is 4.79 Å². The van der Waals surface area contributed by atoms with Gasteiger partial charge in [0.05, 0.1) is 5.25 Å². The molecule has 0 saturated carbocycles. The summed E-state index contributed by atoms with van der Waals surface area (Å²) >= 11 is 1.24. The van der Waals surface area contributed by atoms with Crippen molar-refractivity contribution in [2.45, 2.75) is 36.8 Å². The first kappa shape index (κ1) is 18.6. The van der Waals surface area contributed by atoms with E-state index in [-0.39, 0.29) is 11.0 Å². The molecule has 6 nitrogen and oxygen atoms in total. The van der Waals surface area contributed by atoms with Gasteiger partial charge in [0.1, 0.15) is 6.61 Å². The van der Waals surface area contributed by atoms with Crippen molar-refractivity contribution in [1.29, 1.82) is 0 Å². The van der Waals surface area contributed by atoms with Crippen LogP contribution in [-0.2, 0) is 6.42 Å². The van der Waals surface area contributed by atoms with Crippen molar-refractivity contribution in [3.63, 3.8) is 0 Å². The Hall–Kier alpha value is -2.80. The van der Waals surface area contributed by atoms with Crippen LogP contribution in [0.2, 0.25) is 0 Å². The number of ether oxygens (including phenoxy) is 2. The highest BCUT2D eigenvalue weighted by Crippen LogP contribution is 2.36. The van der Waals surface area contributed by atoms with E-state index in [0.717, 1.165) is 6.42 Å². The summed E-state index contributed by atoms with van der Waals surface area (Å²) in [5.74, 6) is 1.70. The van der Waals surface area contributed by atoms with Crippen LogP contribution < -0.4 is 9.47 Å². The quantitative estimate of drug-likeness (QED) is 0.448. The van der Waals surface area contributed by atoms with Crippen molar-refractivity contribution < 1.29 is 18.7 Å². The summed E-state index contributed by atoms with van der Waals surface area (Å²) in [6.45, 7) is 4.21. The van der Waals surface area contributed by atoms with Gasteiger partial charge in [0.2, 0.25) is 6.10 Å². The van der Waals surface area contributed by atoms with Gasteiger partial charge in [-0.1, -0.05) is 55.1 Å². The number of nitrogens with zero attached hydrogens (tertiary/aromatic N) is 2. The van der Waals surface area contributed by atoms with Gasteiger partial charge in [-0.2, -0.15) is 0 Å². The Morgan fingerprint density at radius 3 is 2.64 bits per heavy atom. The molecule has 1 aliphatic rings. The monoisotopic (exact) mass is 396 g/mol. The van der Waals surface area contributed by atoms with Crippen LogP contribution in [0.15, 0.2) is 58.2 Å². The van der Waals surface area contributed by atoms with Gasteiger partial charge in [0.15, 0.2) is 17.3 Å². The zero-order valence-electron chi connectivity index (χ0n) is 15.6. The molecule has 4 rings (SSSR count). The van der Waals surface area contributed by atoms with Crippen molar-refractivity contribution in [1.82, 2.24) is 10.2 Å². The van der Waals surface area contributed by atoms with Gasteiger partial charge in [-0.05, 0) is 31.0 Å². The number of para-hydroxylation sites is 2. The number of benzene rings is 2. The number of ketones is 1. The lowest BCUT2D eigenvalue weighted by atomic mass is 10.1. The maximum atomic E-state index is 12.6. The van der Waals surface area contributed by atoms with Gasteiger partial charge >= 0.3 is 0 Å². The molecule has 144 valence electrons. The maximum Gasteiger partial charge on any atom is 0.277 e. The summed E-state index contributed by atoms with van der Waals surface area (Å²) in [5, 5.41) is 8.11. The van der Waals surface area contributed by atoms with Crippen molar-refractivity contribution >= 4 is 17.5 Å². The van der Waals surface area contributed by atoms with Crippen LogP contribution in [0.1, 0.15) is 41.8 Å². The molecule has 0 radical (unpaired) electrons. The van der Waals surface area contributed by atoms with Crippen LogP contribution in [0, 0.1) is 0 Å². The smallest absolute Gasteiger partial charge is 0.277 e. The van der Waals surface area contributed by atoms with Gasteiger partial charge in [0.25, 0.3) is 11.1 Å². The van der Waals surface area contributed by atoms with Gasteiger partial charge in [-0.3, -0.25) is 4.79 Å². The highest BCUT2D eigenvalue weighted by molar-refractivity contribution is 8.00. The van der Waals surface area contributed by atoms with Crippen LogP contribution in [0.4, 0.5) is 0 Å². The molecule has 0 bridgehead atoms. The Balaban J connectivity index is 1.41. The largest absolute Gasteiger partial charge is 0.485 e. The van der Waals surface area contributed by atoms with Gasteiger partial charge in [-0.15, -0.1) is 10.2 Å². The molecule has 0 N–H and O–H groups in total. The van der Waals surface area contributed by atoms with E-state index in [4.69, 9.17) is 13.9 Å². The van der Waals surface area contributed by atoms with Crippen LogP contribution in [0.5, 0.6) is 11.5 Å². The number of Topliss-reactive ketones (excluding diaryl/α,β-unsaturated/α-hetero) is 1. The standard InChI is InChI=1S/C21H20N2O4S/c1-3-14-8-10-15(11-9-14)19(24)13(2)28-21-23-22-20(27-21)18-12-25-16-6-4-5-7-17(16)26-18/h4-11,13,18H,3,12H2,1-2H3/t13-,18-/m1/s1. The van der Waals surface area contributed by atoms with Gasteiger partial charge in [-0.25, -0.2) is 0 Å². The number of rotatable bonds is 6. The number of hydrogen-bond acceptors (Lipinski definition) is 7. The molecule has 28 heavy (non-hydrogen) atoms. The molecular formula is C21H20N2O4S. The highest BCUT2D eigenvalue weighted by atomic mass is 32.2. The summed E-state index contributed by atoms with van der Waals surface area (Å²) < 4.78 is 17.3. The second-order valence-electron chi connectivity index (χ2n) is 6.45. The molecule has 2 atom stereocenters.